The van der Waals surface area contributed by atoms with Crippen molar-refractivity contribution in [3.8, 4) is 11.1 Å². The van der Waals surface area contributed by atoms with E-state index in [2.05, 4.69) is 15.6 Å². The lowest BCUT2D eigenvalue weighted by molar-refractivity contribution is 0.458. The monoisotopic (exact) mass is 292 g/mol. The van der Waals surface area contributed by atoms with Gasteiger partial charge in [0, 0.05) is 17.5 Å². The van der Waals surface area contributed by atoms with Crippen molar-refractivity contribution >= 4 is 0 Å². The minimum absolute atomic E-state index is 0.170. The van der Waals surface area contributed by atoms with Gasteiger partial charge in [0.1, 0.15) is 5.82 Å². The van der Waals surface area contributed by atoms with Gasteiger partial charge >= 0.3 is 0 Å². The molecular formula is C19H17FN2. The summed E-state index contributed by atoms with van der Waals surface area (Å²) in [6.07, 6.45) is 7.12. The van der Waals surface area contributed by atoms with Gasteiger partial charge < -0.3 is 4.57 Å². The summed E-state index contributed by atoms with van der Waals surface area (Å²) in [5, 5.41) is 0. The molecule has 3 heteroatoms. The van der Waals surface area contributed by atoms with Gasteiger partial charge in [-0.1, -0.05) is 42.5 Å². The summed E-state index contributed by atoms with van der Waals surface area (Å²) in [6, 6.07) is 15.4. The second-order valence-corrected chi connectivity index (χ2v) is 5.77. The highest BCUT2D eigenvalue weighted by molar-refractivity contribution is 5.68. The molecule has 22 heavy (non-hydrogen) atoms. The molecule has 4 rings (SSSR count). The van der Waals surface area contributed by atoms with Crippen molar-refractivity contribution in [2.24, 2.45) is 0 Å². The molecule has 1 aliphatic rings. The molecule has 0 saturated carbocycles. The van der Waals surface area contributed by atoms with E-state index in [4.69, 9.17) is 0 Å². The molecule has 2 aromatic carbocycles. The number of hydrogen-bond acceptors (Lipinski definition) is 1. The summed E-state index contributed by atoms with van der Waals surface area (Å²) in [5.74, 6) is -0.170. The summed E-state index contributed by atoms with van der Waals surface area (Å²) < 4.78 is 16.5. The van der Waals surface area contributed by atoms with Crippen molar-refractivity contribution in [3.63, 3.8) is 0 Å². The average molecular weight is 292 g/mol. The Hall–Kier alpha value is -2.42. The van der Waals surface area contributed by atoms with Gasteiger partial charge in [-0.05, 0) is 36.5 Å². The smallest absolute Gasteiger partial charge is 0.131 e. The number of imidazole rings is 1. The van der Waals surface area contributed by atoms with E-state index in [9.17, 15) is 4.39 Å². The fourth-order valence-corrected chi connectivity index (χ4v) is 3.44. The van der Waals surface area contributed by atoms with E-state index < -0.39 is 0 Å². The third-order valence-corrected chi connectivity index (χ3v) is 4.48. The normalized spacial score (nSPS) is 17.2. The summed E-state index contributed by atoms with van der Waals surface area (Å²) in [4.78, 5) is 4.29. The fourth-order valence-electron chi connectivity index (χ4n) is 3.44. The van der Waals surface area contributed by atoms with Crippen molar-refractivity contribution in [2.45, 2.75) is 25.3 Å². The van der Waals surface area contributed by atoms with Gasteiger partial charge in [0.05, 0.1) is 12.4 Å². The molecule has 1 atom stereocenters. The topological polar surface area (TPSA) is 17.8 Å². The highest BCUT2D eigenvalue weighted by atomic mass is 19.1. The van der Waals surface area contributed by atoms with E-state index >= 15 is 0 Å². The second kappa shape index (κ2) is 5.41. The zero-order valence-corrected chi connectivity index (χ0v) is 12.2. The Morgan fingerprint density at radius 2 is 1.77 bits per heavy atom. The van der Waals surface area contributed by atoms with Gasteiger partial charge in [-0.2, -0.15) is 0 Å². The van der Waals surface area contributed by atoms with E-state index in [1.807, 2.05) is 42.9 Å². The zero-order valence-electron chi connectivity index (χ0n) is 12.2. The van der Waals surface area contributed by atoms with Gasteiger partial charge in [-0.3, -0.25) is 0 Å². The maximum Gasteiger partial charge on any atom is 0.131 e. The van der Waals surface area contributed by atoms with Crippen molar-refractivity contribution in [1.29, 1.82) is 0 Å². The van der Waals surface area contributed by atoms with Gasteiger partial charge in [-0.25, -0.2) is 9.37 Å². The Balaban J connectivity index is 1.87. The Kier molecular flexibility index (Phi) is 3.26. The van der Waals surface area contributed by atoms with E-state index in [0.717, 1.165) is 24.8 Å². The van der Waals surface area contributed by atoms with E-state index in [0.29, 0.717) is 5.56 Å². The maximum absolute atomic E-state index is 14.2. The highest BCUT2D eigenvalue weighted by Gasteiger charge is 2.23. The number of aryl methyl sites for hydroxylation is 1. The molecular weight excluding hydrogens is 275 g/mol. The first-order valence-corrected chi connectivity index (χ1v) is 7.69. The van der Waals surface area contributed by atoms with E-state index in [1.165, 1.54) is 17.3 Å². The van der Waals surface area contributed by atoms with Crippen molar-refractivity contribution in [1.82, 2.24) is 9.55 Å². The Bertz CT molecular complexity index is 806. The molecule has 0 spiro atoms. The quantitative estimate of drug-likeness (QED) is 0.674. The van der Waals surface area contributed by atoms with Crippen LogP contribution in [0.1, 0.15) is 30.1 Å². The van der Waals surface area contributed by atoms with Crippen LogP contribution in [0.2, 0.25) is 0 Å². The number of hydrogen-bond donors (Lipinski definition) is 0. The number of halogens is 1. The predicted molar refractivity (Wildman–Crippen MR) is 85.1 cm³/mol. The van der Waals surface area contributed by atoms with Gasteiger partial charge in [-0.15, -0.1) is 0 Å². The molecule has 0 radical (unpaired) electrons. The molecule has 0 fully saturated rings. The maximum atomic E-state index is 14.2. The van der Waals surface area contributed by atoms with Crippen LogP contribution in [0.25, 0.3) is 11.1 Å². The predicted octanol–water partition coefficient (Wildman–Crippen LogP) is 4.61. The van der Waals surface area contributed by atoms with Gasteiger partial charge in [0.2, 0.25) is 0 Å². The number of benzene rings is 2. The van der Waals surface area contributed by atoms with Gasteiger partial charge in [0.15, 0.2) is 0 Å². The van der Waals surface area contributed by atoms with Crippen LogP contribution in [0.5, 0.6) is 0 Å². The first-order chi connectivity index (χ1) is 10.8. The lowest BCUT2D eigenvalue weighted by Crippen LogP contribution is -2.18. The van der Waals surface area contributed by atoms with Gasteiger partial charge in [0.25, 0.3) is 0 Å². The van der Waals surface area contributed by atoms with Crippen LogP contribution in [0.3, 0.4) is 0 Å². The van der Waals surface area contributed by atoms with Crippen LogP contribution >= 0.6 is 0 Å². The molecule has 1 aliphatic heterocycles. The largest absolute Gasteiger partial charge is 0.327 e. The van der Waals surface area contributed by atoms with Crippen LogP contribution in [0.4, 0.5) is 4.39 Å². The van der Waals surface area contributed by atoms with Crippen LogP contribution in [-0.4, -0.2) is 9.55 Å². The van der Waals surface area contributed by atoms with Crippen LogP contribution in [-0.2, 0) is 6.42 Å². The highest BCUT2D eigenvalue weighted by Crippen LogP contribution is 2.37. The summed E-state index contributed by atoms with van der Waals surface area (Å²) >= 11 is 0. The number of nitrogens with zero attached hydrogens (tertiary/aromatic N) is 2. The molecule has 110 valence electrons. The number of fused-ring (bicyclic) bond motifs is 1. The third kappa shape index (κ3) is 2.13. The molecule has 0 N–H and O–H groups in total. The third-order valence-electron chi connectivity index (χ3n) is 4.48. The second-order valence-electron chi connectivity index (χ2n) is 5.77. The Morgan fingerprint density at radius 3 is 2.64 bits per heavy atom. The van der Waals surface area contributed by atoms with Crippen LogP contribution in [0.15, 0.2) is 61.1 Å². The summed E-state index contributed by atoms with van der Waals surface area (Å²) in [6.45, 7) is 0. The average Bonchev–Trinajstić information content (AvgIpc) is 3.04. The van der Waals surface area contributed by atoms with E-state index in [-0.39, 0.29) is 11.9 Å². The molecule has 0 saturated heterocycles. The summed E-state index contributed by atoms with van der Waals surface area (Å²) in [5.41, 5.74) is 4.09. The van der Waals surface area contributed by atoms with Crippen molar-refractivity contribution in [3.05, 3.63) is 78.1 Å². The first kappa shape index (κ1) is 13.3. The van der Waals surface area contributed by atoms with Crippen molar-refractivity contribution < 1.29 is 4.39 Å². The fraction of sp³-hybridized carbons (Fsp3) is 0.211. The molecule has 0 aliphatic carbocycles. The number of aromatic nitrogens is 2. The SMILES string of the molecule is Fc1ccccc1-c1ccccc1C1CCCc2cncn21. The Morgan fingerprint density at radius 1 is 1.00 bits per heavy atom. The lowest BCUT2D eigenvalue weighted by atomic mass is 9.90. The molecule has 3 aromatic rings. The van der Waals surface area contributed by atoms with Crippen molar-refractivity contribution in [2.75, 3.05) is 0 Å². The Labute approximate surface area is 129 Å². The molecule has 2 heterocycles. The first-order valence-electron chi connectivity index (χ1n) is 7.69. The molecule has 0 amide bonds. The minimum Gasteiger partial charge on any atom is -0.327 e. The molecule has 0 bridgehead atoms. The minimum atomic E-state index is -0.170. The molecule has 1 unspecified atom stereocenters. The number of rotatable bonds is 2. The lowest BCUT2D eigenvalue weighted by Gasteiger charge is -2.27. The van der Waals surface area contributed by atoms with E-state index in [1.54, 1.807) is 6.07 Å². The van der Waals surface area contributed by atoms with Crippen LogP contribution in [0, 0.1) is 5.82 Å². The molecule has 1 aromatic heterocycles. The molecule has 2 nitrogen and oxygen atoms in total. The zero-order chi connectivity index (χ0) is 14.9. The van der Waals surface area contributed by atoms with Crippen LogP contribution < -0.4 is 0 Å². The standard InChI is InChI=1S/C19H17FN2/c20-18-10-4-3-8-16(18)15-7-1-2-9-17(15)19-11-5-6-14-12-21-13-22(14)19/h1-4,7-10,12-13,19H,5-6,11H2. The summed E-state index contributed by atoms with van der Waals surface area (Å²) in [7, 11) is 0.